The number of anilines is 1. The predicted molar refractivity (Wildman–Crippen MR) is 102 cm³/mol. The molecule has 27 heavy (non-hydrogen) atoms. The summed E-state index contributed by atoms with van der Waals surface area (Å²) in [6.45, 7) is 6.75. The maximum atomic E-state index is 11.3. The molecule has 0 bridgehead atoms. The summed E-state index contributed by atoms with van der Waals surface area (Å²) in [5, 5.41) is 17.2. The third-order valence-corrected chi connectivity index (χ3v) is 4.93. The first-order valence-corrected chi connectivity index (χ1v) is 8.91. The van der Waals surface area contributed by atoms with Crippen molar-refractivity contribution in [1.29, 1.82) is 0 Å². The molecule has 0 spiro atoms. The zero-order valence-corrected chi connectivity index (χ0v) is 15.3. The third kappa shape index (κ3) is 3.35. The fourth-order valence-corrected chi connectivity index (χ4v) is 3.70. The second kappa shape index (κ2) is 6.96. The Morgan fingerprint density at radius 2 is 2.15 bits per heavy atom. The highest BCUT2D eigenvalue weighted by molar-refractivity contribution is 5.99. The fourth-order valence-electron chi connectivity index (χ4n) is 3.70. The summed E-state index contributed by atoms with van der Waals surface area (Å²) < 4.78 is 7.92. The summed E-state index contributed by atoms with van der Waals surface area (Å²) in [5.74, 6) is 0. The van der Waals surface area contributed by atoms with Gasteiger partial charge in [-0.2, -0.15) is 5.10 Å². The van der Waals surface area contributed by atoms with Gasteiger partial charge in [-0.3, -0.25) is 19.8 Å². The van der Waals surface area contributed by atoms with Gasteiger partial charge in [-0.05, 0) is 32.0 Å². The van der Waals surface area contributed by atoms with Gasteiger partial charge in [0, 0.05) is 48.3 Å². The second-order valence-electron chi connectivity index (χ2n) is 6.83. The first-order valence-electron chi connectivity index (χ1n) is 8.91. The monoisotopic (exact) mass is 367 g/mol. The van der Waals surface area contributed by atoms with Crippen molar-refractivity contribution < 1.29 is 9.66 Å². The first-order chi connectivity index (χ1) is 13.0. The van der Waals surface area contributed by atoms with Crippen molar-refractivity contribution in [2.75, 3.05) is 24.6 Å². The van der Waals surface area contributed by atoms with Crippen LogP contribution in [0.2, 0.25) is 0 Å². The minimum absolute atomic E-state index is 0.00355. The van der Waals surface area contributed by atoms with Crippen LogP contribution in [0, 0.1) is 24.0 Å². The number of aryl methyl sites for hydroxylation is 2. The number of pyridine rings is 1. The van der Waals surface area contributed by atoms with Crippen molar-refractivity contribution in [3.05, 3.63) is 58.2 Å². The summed E-state index contributed by atoms with van der Waals surface area (Å²) in [7, 11) is 0. The quantitative estimate of drug-likeness (QED) is 0.521. The summed E-state index contributed by atoms with van der Waals surface area (Å²) in [6.07, 6.45) is 3.23. The van der Waals surface area contributed by atoms with E-state index < -0.39 is 0 Å². The molecule has 1 aromatic carbocycles. The standard InChI is InChI=1S/C19H21N5O3/c1-13-9-14(2)23(21-13)12-15-11-22(7-8-27-15)18-3-4-19(24(25)26)17-10-20-6-5-16(17)18/h3-6,9-10,15H,7-8,11-12H2,1-2H3. The summed E-state index contributed by atoms with van der Waals surface area (Å²) >= 11 is 0. The van der Waals surface area contributed by atoms with Gasteiger partial charge in [0.25, 0.3) is 5.69 Å². The topological polar surface area (TPSA) is 86.3 Å². The Labute approximate surface area is 156 Å². The van der Waals surface area contributed by atoms with E-state index in [2.05, 4.69) is 21.0 Å². The van der Waals surface area contributed by atoms with E-state index in [0.29, 0.717) is 25.1 Å². The lowest BCUT2D eigenvalue weighted by molar-refractivity contribution is -0.383. The Morgan fingerprint density at radius 3 is 2.89 bits per heavy atom. The number of aromatic nitrogens is 3. The van der Waals surface area contributed by atoms with E-state index in [1.54, 1.807) is 18.5 Å². The Bertz CT molecular complexity index is 1000. The van der Waals surface area contributed by atoms with Crippen molar-refractivity contribution in [1.82, 2.24) is 14.8 Å². The van der Waals surface area contributed by atoms with Gasteiger partial charge in [-0.25, -0.2) is 0 Å². The number of nitro benzene ring substituents is 1. The van der Waals surface area contributed by atoms with Crippen molar-refractivity contribution in [2.24, 2.45) is 0 Å². The van der Waals surface area contributed by atoms with Gasteiger partial charge in [-0.15, -0.1) is 0 Å². The van der Waals surface area contributed by atoms with E-state index >= 15 is 0 Å². The molecule has 140 valence electrons. The number of ether oxygens (including phenoxy) is 1. The van der Waals surface area contributed by atoms with Crippen LogP contribution in [-0.2, 0) is 11.3 Å². The molecule has 8 nitrogen and oxygen atoms in total. The van der Waals surface area contributed by atoms with Crippen molar-refractivity contribution in [3.63, 3.8) is 0 Å². The molecule has 8 heteroatoms. The SMILES string of the molecule is Cc1cc(C)n(CC2CN(c3ccc([N+](=O)[O-])c4cnccc34)CCO2)n1. The number of non-ortho nitro benzene ring substituents is 1. The van der Waals surface area contributed by atoms with Crippen molar-refractivity contribution in [2.45, 2.75) is 26.5 Å². The molecule has 0 amide bonds. The van der Waals surface area contributed by atoms with Crippen molar-refractivity contribution >= 4 is 22.1 Å². The molecular weight excluding hydrogens is 346 g/mol. The molecular formula is C19H21N5O3. The Kier molecular flexibility index (Phi) is 4.49. The molecule has 1 fully saturated rings. The number of hydrogen-bond acceptors (Lipinski definition) is 6. The summed E-state index contributed by atoms with van der Waals surface area (Å²) in [4.78, 5) is 17.3. The van der Waals surface area contributed by atoms with Crippen LogP contribution in [0.1, 0.15) is 11.4 Å². The van der Waals surface area contributed by atoms with Crippen LogP contribution in [0.5, 0.6) is 0 Å². The Morgan fingerprint density at radius 1 is 1.30 bits per heavy atom. The molecule has 1 aliphatic heterocycles. The second-order valence-corrected chi connectivity index (χ2v) is 6.83. The number of benzene rings is 1. The molecule has 0 N–H and O–H groups in total. The zero-order valence-electron chi connectivity index (χ0n) is 15.3. The Balaban J connectivity index is 1.62. The number of fused-ring (bicyclic) bond motifs is 1. The molecule has 3 heterocycles. The van der Waals surface area contributed by atoms with Crippen LogP contribution in [0.3, 0.4) is 0 Å². The van der Waals surface area contributed by atoms with E-state index in [1.165, 1.54) is 0 Å². The minimum Gasteiger partial charge on any atom is -0.373 e. The van der Waals surface area contributed by atoms with Gasteiger partial charge in [0.05, 0.1) is 35.3 Å². The van der Waals surface area contributed by atoms with Gasteiger partial charge < -0.3 is 9.64 Å². The molecule has 1 aliphatic rings. The fraction of sp³-hybridized carbons (Fsp3) is 0.368. The van der Waals surface area contributed by atoms with E-state index in [9.17, 15) is 10.1 Å². The summed E-state index contributed by atoms with van der Waals surface area (Å²) in [6, 6.07) is 7.28. The Hall–Kier alpha value is -3.00. The molecule has 1 unspecified atom stereocenters. The van der Waals surface area contributed by atoms with Crippen LogP contribution < -0.4 is 4.90 Å². The number of nitro groups is 1. The predicted octanol–water partition coefficient (Wildman–Crippen LogP) is 2.86. The van der Waals surface area contributed by atoms with Gasteiger partial charge in [-0.1, -0.05) is 0 Å². The smallest absolute Gasteiger partial charge is 0.278 e. The highest BCUT2D eigenvalue weighted by Gasteiger charge is 2.25. The van der Waals surface area contributed by atoms with Crippen LogP contribution in [0.4, 0.5) is 11.4 Å². The number of hydrogen-bond donors (Lipinski definition) is 0. The number of rotatable bonds is 4. The molecule has 2 aromatic heterocycles. The molecule has 1 atom stereocenters. The average Bonchev–Trinajstić information content (AvgIpc) is 2.97. The number of nitrogens with zero attached hydrogens (tertiary/aromatic N) is 5. The molecule has 3 aromatic rings. The highest BCUT2D eigenvalue weighted by Crippen LogP contribution is 2.33. The maximum absolute atomic E-state index is 11.3. The van der Waals surface area contributed by atoms with E-state index in [1.807, 2.05) is 30.7 Å². The van der Waals surface area contributed by atoms with Crippen molar-refractivity contribution in [3.8, 4) is 0 Å². The lowest BCUT2D eigenvalue weighted by Gasteiger charge is -2.35. The van der Waals surface area contributed by atoms with Crippen LogP contribution in [-0.4, -0.2) is 45.5 Å². The summed E-state index contributed by atoms with van der Waals surface area (Å²) in [5.41, 5.74) is 3.16. The van der Waals surface area contributed by atoms with Crippen LogP contribution >= 0.6 is 0 Å². The number of morpholine rings is 1. The first kappa shape index (κ1) is 17.4. The molecule has 0 aliphatic carbocycles. The lowest BCUT2D eigenvalue weighted by Crippen LogP contribution is -2.44. The largest absolute Gasteiger partial charge is 0.373 e. The van der Waals surface area contributed by atoms with Gasteiger partial charge in [0.1, 0.15) is 0 Å². The molecule has 0 saturated carbocycles. The molecule has 1 saturated heterocycles. The van der Waals surface area contributed by atoms with E-state index in [-0.39, 0.29) is 16.7 Å². The highest BCUT2D eigenvalue weighted by atomic mass is 16.6. The molecule has 4 rings (SSSR count). The molecule has 0 radical (unpaired) electrons. The average molecular weight is 367 g/mol. The normalized spacial score (nSPS) is 17.4. The van der Waals surface area contributed by atoms with E-state index in [0.717, 1.165) is 29.0 Å². The maximum Gasteiger partial charge on any atom is 0.278 e. The van der Waals surface area contributed by atoms with Gasteiger partial charge >= 0.3 is 0 Å². The minimum atomic E-state index is -0.362. The lowest BCUT2D eigenvalue weighted by atomic mass is 10.1. The van der Waals surface area contributed by atoms with Gasteiger partial charge in [0.2, 0.25) is 0 Å². The third-order valence-electron chi connectivity index (χ3n) is 4.93. The van der Waals surface area contributed by atoms with Gasteiger partial charge in [0.15, 0.2) is 0 Å². The zero-order chi connectivity index (χ0) is 19.0. The van der Waals surface area contributed by atoms with Crippen LogP contribution in [0.15, 0.2) is 36.7 Å². The van der Waals surface area contributed by atoms with E-state index in [4.69, 9.17) is 4.74 Å². The van der Waals surface area contributed by atoms with Crippen LogP contribution in [0.25, 0.3) is 10.8 Å².